The lowest BCUT2D eigenvalue weighted by molar-refractivity contribution is -0.0343. The second kappa shape index (κ2) is 11.3. The van der Waals surface area contributed by atoms with Crippen LogP contribution in [0.1, 0.15) is 24.9 Å². The molecule has 1 aromatic heterocycles. The molecule has 0 amide bonds. The molecule has 0 radical (unpaired) electrons. The number of guanidine groups is 1. The smallest absolute Gasteiger partial charge is 0.191 e. The molecule has 7 nitrogen and oxygen atoms in total. The Labute approximate surface area is 182 Å². The average Bonchev–Trinajstić information content (AvgIpc) is 3.25. The van der Waals surface area contributed by atoms with Crippen LogP contribution < -0.4 is 10.6 Å². The number of nitrogens with one attached hydrogen (secondary N) is 2. The van der Waals surface area contributed by atoms with Crippen molar-refractivity contribution in [2.24, 2.45) is 4.99 Å². The van der Waals surface area contributed by atoms with Crippen LogP contribution in [-0.2, 0) is 11.3 Å². The molecule has 0 aliphatic carbocycles. The second-order valence-electron chi connectivity index (χ2n) is 7.33. The number of aliphatic imine (C=N–C) groups is 1. The summed E-state index contributed by atoms with van der Waals surface area (Å²) in [6, 6.07) is 6.51. The van der Waals surface area contributed by atoms with Gasteiger partial charge in [0.15, 0.2) is 5.96 Å². The molecule has 1 aromatic carbocycles. The molecule has 9 heteroatoms. The van der Waals surface area contributed by atoms with Crippen LogP contribution in [0.5, 0.6) is 0 Å². The van der Waals surface area contributed by atoms with Gasteiger partial charge in [0.05, 0.1) is 18.8 Å². The summed E-state index contributed by atoms with van der Waals surface area (Å²) in [7, 11) is 1.73. The standard InChI is InChI=1S/C21H30ClFN6O/c1-16-15-28(12-13-30-16)19(20-17(22)6-3-7-18(20)23)14-26-21(24-2)25-8-4-10-29-11-5-9-27-29/h3,5-7,9,11,16,19H,4,8,10,12-15H2,1-2H3,(H2,24,25,26). The Bertz CT molecular complexity index is 796. The summed E-state index contributed by atoms with van der Waals surface area (Å²) in [6.45, 7) is 6.13. The molecule has 1 aliphatic rings. The van der Waals surface area contributed by atoms with Gasteiger partial charge in [0.1, 0.15) is 5.82 Å². The number of nitrogens with zero attached hydrogens (tertiary/aromatic N) is 4. The molecule has 30 heavy (non-hydrogen) atoms. The summed E-state index contributed by atoms with van der Waals surface area (Å²) < 4.78 is 22.3. The number of ether oxygens (including phenoxy) is 1. The van der Waals surface area contributed by atoms with E-state index in [0.29, 0.717) is 36.2 Å². The van der Waals surface area contributed by atoms with E-state index in [9.17, 15) is 4.39 Å². The number of hydrogen-bond donors (Lipinski definition) is 2. The zero-order chi connectivity index (χ0) is 21.3. The summed E-state index contributed by atoms with van der Waals surface area (Å²) in [6.07, 6.45) is 4.71. The molecule has 2 aromatic rings. The second-order valence-corrected chi connectivity index (χ2v) is 7.74. The first-order valence-electron chi connectivity index (χ1n) is 10.3. The van der Waals surface area contributed by atoms with Crippen molar-refractivity contribution in [1.82, 2.24) is 25.3 Å². The molecule has 0 bridgehead atoms. The van der Waals surface area contributed by atoms with Crippen molar-refractivity contribution in [1.29, 1.82) is 0 Å². The van der Waals surface area contributed by atoms with Gasteiger partial charge in [0, 0.05) is 62.8 Å². The first-order valence-corrected chi connectivity index (χ1v) is 10.7. The van der Waals surface area contributed by atoms with E-state index in [1.807, 2.05) is 23.9 Å². The first kappa shape index (κ1) is 22.5. The van der Waals surface area contributed by atoms with Crippen molar-refractivity contribution in [3.8, 4) is 0 Å². The van der Waals surface area contributed by atoms with Gasteiger partial charge in [-0.25, -0.2) is 4.39 Å². The van der Waals surface area contributed by atoms with Crippen LogP contribution in [0.15, 0.2) is 41.7 Å². The Balaban J connectivity index is 1.62. The molecule has 2 atom stereocenters. The summed E-state index contributed by atoms with van der Waals surface area (Å²) in [5, 5.41) is 11.3. The Morgan fingerprint density at radius 1 is 1.40 bits per heavy atom. The average molecular weight is 437 g/mol. The van der Waals surface area contributed by atoms with E-state index in [2.05, 4.69) is 25.6 Å². The predicted octanol–water partition coefficient (Wildman–Crippen LogP) is 2.69. The van der Waals surface area contributed by atoms with Gasteiger partial charge < -0.3 is 15.4 Å². The van der Waals surface area contributed by atoms with Gasteiger partial charge in [-0.05, 0) is 31.5 Å². The fraction of sp³-hybridized carbons (Fsp3) is 0.524. The van der Waals surface area contributed by atoms with Crippen LogP contribution >= 0.6 is 11.6 Å². The topological polar surface area (TPSA) is 66.7 Å². The highest BCUT2D eigenvalue weighted by Crippen LogP contribution is 2.31. The van der Waals surface area contributed by atoms with Crippen molar-refractivity contribution in [3.05, 3.63) is 53.1 Å². The van der Waals surface area contributed by atoms with E-state index in [-0.39, 0.29) is 18.0 Å². The summed E-state index contributed by atoms with van der Waals surface area (Å²) in [5.74, 6) is 0.379. The lowest BCUT2D eigenvalue weighted by atomic mass is 10.0. The fourth-order valence-electron chi connectivity index (χ4n) is 3.67. The highest BCUT2D eigenvalue weighted by Gasteiger charge is 2.29. The van der Waals surface area contributed by atoms with E-state index in [4.69, 9.17) is 16.3 Å². The van der Waals surface area contributed by atoms with Gasteiger partial charge >= 0.3 is 0 Å². The molecule has 3 rings (SSSR count). The Kier molecular flexibility index (Phi) is 8.48. The predicted molar refractivity (Wildman–Crippen MR) is 117 cm³/mol. The van der Waals surface area contributed by atoms with Crippen LogP contribution in [-0.4, -0.2) is 66.6 Å². The fourth-order valence-corrected chi connectivity index (χ4v) is 3.95. The number of benzene rings is 1. The molecular formula is C21H30ClFN6O. The minimum atomic E-state index is -0.296. The molecule has 1 fully saturated rings. The quantitative estimate of drug-likeness (QED) is 0.378. The van der Waals surface area contributed by atoms with E-state index < -0.39 is 0 Å². The van der Waals surface area contributed by atoms with Gasteiger partial charge in [-0.15, -0.1) is 0 Å². The van der Waals surface area contributed by atoms with Crippen molar-refractivity contribution in [2.45, 2.75) is 32.0 Å². The van der Waals surface area contributed by atoms with Gasteiger partial charge in [-0.1, -0.05) is 17.7 Å². The number of aryl methyl sites for hydroxylation is 1. The largest absolute Gasteiger partial charge is 0.376 e. The zero-order valence-electron chi connectivity index (χ0n) is 17.5. The molecule has 164 valence electrons. The summed E-state index contributed by atoms with van der Waals surface area (Å²) in [4.78, 5) is 6.51. The maximum Gasteiger partial charge on any atom is 0.191 e. The van der Waals surface area contributed by atoms with Gasteiger partial charge in [0.25, 0.3) is 0 Å². The van der Waals surface area contributed by atoms with Gasteiger partial charge in [0.2, 0.25) is 0 Å². The third kappa shape index (κ3) is 6.17. The molecule has 0 spiro atoms. The Morgan fingerprint density at radius 3 is 2.97 bits per heavy atom. The summed E-state index contributed by atoms with van der Waals surface area (Å²) in [5.41, 5.74) is 0.509. The SMILES string of the molecule is CN=C(NCCCn1cccn1)NCC(c1c(F)cccc1Cl)N1CCOC(C)C1. The minimum absolute atomic E-state index is 0.0894. The normalized spacial score (nSPS) is 18.9. The van der Waals surface area contributed by atoms with Crippen molar-refractivity contribution < 1.29 is 9.13 Å². The van der Waals surface area contributed by atoms with E-state index in [1.54, 1.807) is 25.4 Å². The van der Waals surface area contributed by atoms with Crippen molar-refractivity contribution >= 4 is 17.6 Å². The molecule has 2 N–H and O–H groups in total. The first-order chi connectivity index (χ1) is 14.6. The third-order valence-electron chi connectivity index (χ3n) is 5.15. The minimum Gasteiger partial charge on any atom is -0.376 e. The van der Waals surface area contributed by atoms with E-state index in [1.165, 1.54) is 6.07 Å². The zero-order valence-corrected chi connectivity index (χ0v) is 18.3. The number of morpholine rings is 1. The number of rotatable bonds is 8. The number of aromatic nitrogens is 2. The molecular weight excluding hydrogens is 407 g/mol. The number of halogens is 2. The van der Waals surface area contributed by atoms with Crippen LogP contribution in [0.2, 0.25) is 5.02 Å². The van der Waals surface area contributed by atoms with Gasteiger partial charge in [-0.2, -0.15) is 5.10 Å². The van der Waals surface area contributed by atoms with Crippen LogP contribution in [0.25, 0.3) is 0 Å². The van der Waals surface area contributed by atoms with Crippen LogP contribution in [0.3, 0.4) is 0 Å². The van der Waals surface area contributed by atoms with E-state index >= 15 is 0 Å². The maximum absolute atomic E-state index is 14.7. The van der Waals surface area contributed by atoms with Crippen LogP contribution in [0, 0.1) is 5.82 Å². The molecule has 2 unspecified atom stereocenters. The maximum atomic E-state index is 14.7. The monoisotopic (exact) mass is 436 g/mol. The molecule has 1 aliphatic heterocycles. The molecule has 2 heterocycles. The molecule has 0 saturated carbocycles. The Hall–Kier alpha value is -2.16. The number of hydrogen-bond acceptors (Lipinski definition) is 4. The lowest BCUT2D eigenvalue weighted by Gasteiger charge is -2.38. The Morgan fingerprint density at radius 2 is 2.27 bits per heavy atom. The van der Waals surface area contributed by atoms with Crippen molar-refractivity contribution in [3.63, 3.8) is 0 Å². The summed E-state index contributed by atoms with van der Waals surface area (Å²) >= 11 is 6.40. The van der Waals surface area contributed by atoms with Crippen molar-refractivity contribution in [2.75, 3.05) is 39.8 Å². The third-order valence-corrected chi connectivity index (χ3v) is 5.48. The van der Waals surface area contributed by atoms with E-state index in [0.717, 1.165) is 26.1 Å². The van der Waals surface area contributed by atoms with Crippen LogP contribution in [0.4, 0.5) is 4.39 Å². The lowest BCUT2D eigenvalue weighted by Crippen LogP contribution is -2.48. The highest BCUT2D eigenvalue weighted by molar-refractivity contribution is 6.31. The molecule has 1 saturated heterocycles. The van der Waals surface area contributed by atoms with Gasteiger partial charge in [-0.3, -0.25) is 14.6 Å². The highest BCUT2D eigenvalue weighted by atomic mass is 35.5.